The molecular weight excluding hydrogens is 376 g/mol. The molecule has 1 aromatic heterocycles. The monoisotopic (exact) mass is 402 g/mol. The lowest BCUT2D eigenvalue weighted by Gasteiger charge is -2.29. The van der Waals surface area contributed by atoms with Gasteiger partial charge in [-0.25, -0.2) is 9.78 Å². The number of hydrogen-bond donors (Lipinski definition) is 2. The van der Waals surface area contributed by atoms with Gasteiger partial charge in [0.25, 0.3) is 0 Å². The quantitative estimate of drug-likeness (QED) is 0.662. The molecule has 2 heterocycles. The van der Waals surface area contributed by atoms with Gasteiger partial charge >= 0.3 is 6.03 Å². The summed E-state index contributed by atoms with van der Waals surface area (Å²) in [6, 6.07) is 23.4. The van der Waals surface area contributed by atoms with E-state index in [0.717, 1.165) is 35.6 Å². The van der Waals surface area contributed by atoms with E-state index in [1.54, 1.807) is 6.20 Å². The van der Waals surface area contributed by atoms with Crippen LogP contribution in [0.5, 0.6) is 0 Å². The smallest absolute Gasteiger partial charge is 0.315 e. The van der Waals surface area contributed by atoms with Gasteiger partial charge < -0.3 is 20.3 Å². The molecule has 6 nitrogen and oxygen atoms in total. The fourth-order valence-corrected chi connectivity index (χ4v) is 3.64. The molecule has 2 aromatic carbocycles. The average Bonchev–Trinajstić information content (AvgIpc) is 2.83. The largest absolute Gasteiger partial charge is 0.378 e. The number of anilines is 1. The third-order valence-electron chi connectivity index (χ3n) is 5.16. The van der Waals surface area contributed by atoms with Crippen LogP contribution < -0.4 is 15.5 Å². The first-order valence-corrected chi connectivity index (χ1v) is 10.2. The number of rotatable bonds is 6. The van der Waals surface area contributed by atoms with Gasteiger partial charge in [-0.3, -0.25) is 0 Å². The number of pyridine rings is 1. The topological polar surface area (TPSA) is 66.5 Å². The Bertz CT molecular complexity index is 904. The molecule has 4 rings (SSSR count). The van der Waals surface area contributed by atoms with Crippen LogP contribution in [0, 0.1) is 0 Å². The molecule has 3 aromatic rings. The number of carbonyl (C=O) groups excluding carboxylic acids is 1. The van der Waals surface area contributed by atoms with Gasteiger partial charge in [-0.05, 0) is 17.2 Å². The molecule has 6 heteroatoms. The van der Waals surface area contributed by atoms with Crippen molar-refractivity contribution in [3.05, 3.63) is 95.7 Å². The molecule has 2 N–H and O–H groups in total. The highest BCUT2D eigenvalue weighted by Crippen LogP contribution is 2.22. The van der Waals surface area contributed by atoms with Crippen LogP contribution in [-0.2, 0) is 11.3 Å². The van der Waals surface area contributed by atoms with Crippen molar-refractivity contribution in [2.24, 2.45) is 0 Å². The van der Waals surface area contributed by atoms with E-state index in [1.807, 2.05) is 72.8 Å². The Kier molecular flexibility index (Phi) is 6.57. The van der Waals surface area contributed by atoms with E-state index in [4.69, 9.17) is 4.74 Å². The first kappa shape index (κ1) is 19.9. The summed E-state index contributed by atoms with van der Waals surface area (Å²) in [7, 11) is 0. The Morgan fingerprint density at radius 2 is 1.57 bits per heavy atom. The molecule has 1 fully saturated rings. The predicted molar refractivity (Wildman–Crippen MR) is 117 cm³/mol. The SMILES string of the molecule is O=C(NCc1cccnc1N1CCOCC1)NC(c1ccccc1)c1ccccc1. The number of aromatic nitrogens is 1. The van der Waals surface area contributed by atoms with Crippen LogP contribution in [0.3, 0.4) is 0 Å². The fourth-order valence-electron chi connectivity index (χ4n) is 3.64. The van der Waals surface area contributed by atoms with Gasteiger partial charge in [0.1, 0.15) is 5.82 Å². The fraction of sp³-hybridized carbons (Fsp3) is 0.250. The number of urea groups is 1. The van der Waals surface area contributed by atoms with E-state index in [-0.39, 0.29) is 12.1 Å². The number of amides is 2. The molecule has 0 spiro atoms. The van der Waals surface area contributed by atoms with E-state index >= 15 is 0 Å². The van der Waals surface area contributed by atoms with E-state index in [9.17, 15) is 4.79 Å². The molecule has 2 amide bonds. The molecule has 1 aliphatic rings. The molecule has 0 radical (unpaired) electrons. The van der Waals surface area contributed by atoms with Gasteiger partial charge in [0.15, 0.2) is 0 Å². The first-order chi connectivity index (χ1) is 14.8. The molecule has 0 unspecified atom stereocenters. The number of morpholine rings is 1. The van der Waals surface area contributed by atoms with Crippen LogP contribution in [0.1, 0.15) is 22.7 Å². The van der Waals surface area contributed by atoms with Gasteiger partial charge in [0.2, 0.25) is 0 Å². The zero-order valence-electron chi connectivity index (χ0n) is 16.8. The predicted octanol–water partition coefficient (Wildman–Crippen LogP) is 3.51. The molecular formula is C24H26N4O2. The summed E-state index contributed by atoms with van der Waals surface area (Å²) in [6.45, 7) is 3.41. The second kappa shape index (κ2) is 9.89. The minimum atomic E-state index is -0.222. The van der Waals surface area contributed by atoms with Crippen molar-refractivity contribution < 1.29 is 9.53 Å². The van der Waals surface area contributed by atoms with Crippen molar-refractivity contribution in [1.29, 1.82) is 0 Å². The van der Waals surface area contributed by atoms with Crippen molar-refractivity contribution in [1.82, 2.24) is 15.6 Å². The summed E-state index contributed by atoms with van der Waals surface area (Å²) in [4.78, 5) is 19.5. The summed E-state index contributed by atoms with van der Waals surface area (Å²) in [5.41, 5.74) is 3.06. The lowest BCUT2D eigenvalue weighted by molar-refractivity contribution is 0.122. The van der Waals surface area contributed by atoms with Gasteiger partial charge in [-0.2, -0.15) is 0 Å². The number of nitrogens with one attached hydrogen (secondary N) is 2. The van der Waals surface area contributed by atoms with Gasteiger partial charge in [-0.15, -0.1) is 0 Å². The molecule has 154 valence electrons. The molecule has 0 aliphatic carbocycles. The van der Waals surface area contributed by atoms with Gasteiger partial charge in [0.05, 0.1) is 19.3 Å². The first-order valence-electron chi connectivity index (χ1n) is 10.2. The van der Waals surface area contributed by atoms with Gasteiger partial charge in [-0.1, -0.05) is 66.7 Å². The maximum absolute atomic E-state index is 12.8. The second-order valence-electron chi connectivity index (χ2n) is 7.17. The van der Waals surface area contributed by atoms with Crippen LogP contribution in [0.2, 0.25) is 0 Å². The summed E-state index contributed by atoms with van der Waals surface area (Å²) in [5, 5.41) is 6.12. The zero-order valence-corrected chi connectivity index (χ0v) is 16.8. The minimum absolute atomic E-state index is 0.218. The number of benzene rings is 2. The lowest BCUT2D eigenvalue weighted by atomic mass is 9.99. The van der Waals surface area contributed by atoms with E-state index in [2.05, 4.69) is 20.5 Å². The van der Waals surface area contributed by atoms with Crippen LogP contribution in [0.4, 0.5) is 10.6 Å². The van der Waals surface area contributed by atoms with E-state index < -0.39 is 0 Å². The van der Waals surface area contributed by atoms with E-state index in [1.165, 1.54) is 0 Å². The van der Waals surface area contributed by atoms with Crippen molar-refractivity contribution in [3.63, 3.8) is 0 Å². The zero-order chi connectivity index (χ0) is 20.6. The Morgan fingerprint density at radius 3 is 2.20 bits per heavy atom. The standard InChI is InChI=1S/C24H26N4O2/c29-24(26-18-21-12-7-13-25-23(21)28-14-16-30-17-15-28)27-22(19-8-3-1-4-9-19)20-10-5-2-6-11-20/h1-13,22H,14-18H2,(H2,26,27,29). The number of nitrogens with zero attached hydrogens (tertiary/aromatic N) is 2. The average molecular weight is 402 g/mol. The van der Waals surface area contributed by atoms with Crippen molar-refractivity contribution in [3.8, 4) is 0 Å². The van der Waals surface area contributed by atoms with Crippen molar-refractivity contribution in [2.45, 2.75) is 12.6 Å². The van der Waals surface area contributed by atoms with Gasteiger partial charge in [0, 0.05) is 31.4 Å². The van der Waals surface area contributed by atoms with Crippen molar-refractivity contribution in [2.75, 3.05) is 31.2 Å². The van der Waals surface area contributed by atoms with Crippen LogP contribution in [-0.4, -0.2) is 37.3 Å². The van der Waals surface area contributed by atoms with Crippen LogP contribution >= 0.6 is 0 Å². The van der Waals surface area contributed by atoms with Crippen molar-refractivity contribution >= 4 is 11.8 Å². The molecule has 0 atom stereocenters. The highest BCUT2D eigenvalue weighted by atomic mass is 16.5. The van der Waals surface area contributed by atoms with Crippen LogP contribution in [0.15, 0.2) is 79.0 Å². The van der Waals surface area contributed by atoms with Crippen LogP contribution in [0.25, 0.3) is 0 Å². The van der Waals surface area contributed by atoms with E-state index in [0.29, 0.717) is 19.8 Å². The highest BCUT2D eigenvalue weighted by Gasteiger charge is 2.18. The normalized spacial score (nSPS) is 13.8. The second-order valence-corrected chi connectivity index (χ2v) is 7.17. The summed E-state index contributed by atoms with van der Waals surface area (Å²) < 4.78 is 5.44. The minimum Gasteiger partial charge on any atom is -0.378 e. The molecule has 0 saturated carbocycles. The Hall–Kier alpha value is -3.38. The number of carbonyl (C=O) groups is 1. The Labute approximate surface area is 176 Å². The number of ether oxygens (including phenoxy) is 1. The lowest BCUT2D eigenvalue weighted by Crippen LogP contribution is -2.40. The maximum Gasteiger partial charge on any atom is 0.315 e. The third-order valence-corrected chi connectivity index (χ3v) is 5.16. The molecule has 30 heavy (non-hydrogen) atoms. The Balaban J connectivity index is 1.45. The molecule has 1 saturated heterocycles. The third kappa shape index (κ3) is 4.96. The number of hydrogen-bond acceptors (Lipinski definition) is 4. The molecule has 0 bridgehead atoms. The molecule has 1 aliphatic heterocycles. The summed E-state index contributed by atoms with van der Waals surface area (Å²) in [6.07, 6.45) is 1.79. The highest BCUT2D eigenvalue weighted by molar-refractivity contribution is 5.75. The maximum atomic E-state index is 12.8. The Morgan fingerprint density at radius 1 is 0.933 bits per heavy atom. The summed E-state index contributed by atoms with van der Waals surface area (Å²) in [5.74, 6) is 0.906. The summed E-state index contributed by atoms with van der Waals surface area (Å²) >= 11 is 0.